The van der Waals surface area contributed by atoms with Gasteiger partial charge in [-0.05, 0) is 30.7 Å². The second-order valence-electron chi connectivity index (χ2n) is 5.74. The molecule has 0 spiro atoms. The normalized spacial score (nSPS) is 15.0. The van der Waals surface area contributed by atoms with E-state index < -0.39 is 9.84 Å². The summed E-state index contributed by atoms with van der Waals surface area (Å²) in [5.41, 5.74) is 1.20. The van der Waals surface area contributed by atoms with Crippen molar-refractivity contribution < 1.29 is 17.6 Å². The molecule has 7 heteroatoms. The van der Waals surface area contributed by atoms with E-state index in [-0.39, 0.29) is 27.1 Å². The van der Waals surface area contributed by atoms with Gasteiger partial charge in [-0.15, -0.1) is 0 Å². The Kier molecular flexibility index (Phi) is 4.69. The molecule has 1 aromatic carbocycles. The van der Waals surface area contributed by atoms with Gasteiger partial charge in [0.15, 0.2) is 9.84 Å². The minimum atomic E-state index is -3.39. The highest BCUT2D eigenvalue weighted by Gasteiger charge is 2.24. The molecule has 0 unspecified atom stereocenters. The van der Waals surface area contributed by atoms with Gasteiger partial charge < -0.3 is 9.32 Å². The monoisotopic (exact) mass is 367 g/mol. The second kappa shape index (κ2) is 6.61. The SMILES string of the molecule is CCS(=O)(=O)c1ccc(Cl)c(C(=O)N2CCCc3occc3C2)c1. The van der Waals surface area contributed by atoms with Crippen LogP contribution in [0.25, 0.3) is 0 Å². The predicted octanol–water partition coefficient (Wildman–Crippen LogP) is 3.32. The van der Waals surface area contributed by atoms with E-state index in [1.54, 1.807) is 18.1 Å². The third-order valence-electron chi connectivity index (χ3n) is 4.23. The number of halogens is 1. The molecule has 3 rings (SSSR count). The van der Waals surface area contributed by atoms with Crippen molar-refractivity contribution in [3.05, 3.63) is 52.4 Å². The van der Waals surface area contributed by atoms with Crippen molar-refractivity contribution in [1.82, 2.24) is 4.90 Å². The third kappa shape index (κ3) is 3.21. The van der Waals surface area contributed by atoms with E-state index in [4.69, 9.17) is 16.0 Å². The molecule has 0 aliphatic carbocycles. The summed E-state index contributed by atoms with van der Waals surface area (Å²) in [5.74, 6) is 0.616. The van der Waals surface area contributed by atoms with E-state index in [0.717, 1.165) is 24.2 Å². The average molecular weight is 368 g/mol. The van der Waals surface area contributed by atoms with Crippen LogP contribution in [0.1, 0.15) is 35.0 Å². The highest BCUT2D eigenvalue weighted by Crippen LogP contribution is 2.26. The number of hydrogen-bond acceptors (Lipinski definition) is 4. The molecule has 0 saturated heterocycles. The maximum Gasteiger partial charge on any atom is 0.255 e. The van der Waals surface area contributed by atoms with E-state index in [0.29, 0.717) is 13.1 Å². The third-order valence-corrected chi connectivity index (χ3v) is 6.29. The topological polar surface area (TPSA) is 67.6 Å². The van der Waals surface area contributed by atoms with Gasteiger partial charge in [-0.1, -0.05) is 18.5 Å². The van der Waals surface area contributed by atoms with E-state index >= 15 is 0 Å². The molecule has 5 nitrogen and oxygen atoms in total. The van der Waals surface area contributed by atoms with Crippen molar-refractivity contribution in [1.29, 1.82) is 0 Å². The summed E-state index contributed by atoms with van der Waals surface area (Å²) in [4.78, 5) is 14.7. The van der Waals surface area contributed by atoms with Gasteiger partial charge in [0.1, 0.15) is 5.76 Å². The lowest BCUT2D eigenvalue weighted by atomic mass is 10.2. The summed E-state index contributed by atoms with van der Waals surface area (Å²) >= 11 is 6.16. The lowest BCUT2D eigenvalue weighted by molar-refractivity contribution is 0.0746. The van der Waals surface area contributed by atoms with Crippen LogP contribution < -0.4 is 0 Å². The fraction of sp³-hybridized carbons (Fsp3) is 0.353. The zero-order chi connectivity index (χ0) is 17.3. The van der Waals surface area contributed by atoms with Crippen molar-refractivity contribution in [2.24, 2.45) is 0 Å². The van der Waals surface area contributed by atoms with E-state index in [9.17, 15) is 13.2 Å². The molecule has 0 saturated carbocycles. The number of fused-ring (bicyclic) bond motifs is 1. The summed E-state index contributed by atoms with van der Waals surface area (Å²) in [6.45, 7) is 2.58. The van der Waals surface area contributed by atoms with Gasteiger partial charge in [0, 0.05) is 25.1 Å². The molecular weight excluding hydrogens is 350 g/mol. The molecule has 2 aromatic rings. The lowest BCUT2D eigenvalue weighted by Gasteiger charge is -2.21. The molecule has 24 heavy (non-hydrogen) atoms. The Bertz CT molecular complexity index is 872. The van der Waals surface area contributed by atoms with Gasteiger partial charge in [-0.2, -0.15) is 0 Å². The number of nitrogens with zero attached hydrogens (tertiary/aromatic N) is 1. The van der Waals surface area contributed by atoms with Gasteiger partial charge in [0.2, 0.25) is 0 Å². The zero-order valence-electron chi connectivity index (χ0n) is 13.3. The first kappa shape index (κ1) is 17.0. The van der Waals surface area contributed by atoms with Crippen LogP contribution in [0, 0.1) is 0 Å². The van der Waals surface area contributed by atoms with Gasteiger partial charge in [0.25, 0.3) is 5.91 Å². The van der Waals surface area contributed by atoms with Crippen molar-refractivity contribution in [2.75, 3.05) is 12.3 Å². The standard InChI is InChI=1S/C17H18ClNO4S/c1-2-24(21,22)13-5-6-15(18)14(10-13)17(20)19-8-3-4-16-12(11-19)7-9-23-16/h5-7,9-10H,2-4,8,11H2,1H3. The van der Waals surface area contributed by atoms with Crippen LogP contribution >= 0.6 is 11.6 Å². The van der Waals surface area contributed by atoms with Gasteiger partial charge in [-0.25, -0.2) is 8.42 Å². The minimum Gasteiger partial charge on any atom is -0.469 e. The largest absolute Gasteiger partial charge is 0.469 e. The smallest absolute Gasteiger partial charge is 0.255 e. The Morgan fingerprint density at radius 2 is 2.12 bits per heavy atom. The van der Waals surface area contributed by atoms with E-state index in [1.807, 2.05) is 6.07 Å². The molecular formula is C17H18ClNO4S. The summed E-state index contributed by atoms with van der Waals surface area (Å²) in [5, 5.41) is 0.256. The number of hydrogen-bond donors (Lipinski definition) is 0. The van der Waals surface area contributed by atoms with Crippen molar-refractivity contribution in [2.45, 2.75) is 31.2 Å². The number of amides is 1. The zero-order valence-corrected chi connectivity index (χ0v) is 14.9. The molecule has 0 bridgehead atoms. The molecule has 0 N–H and O–H groups in total. The van der Waals surface area contributed by atoms with Crippen LogP contribution in [-0.4, -0.2) is 31.5 Å². The van der Waals surface area contributed by atoms with Gasteiger partial charge >= 0.3 is 0 Å². The summed E-state index contributed by atoms with van der Waals surface area (Å²) < 4.78 is 29.6. The van der Waals surface area contributed by atoms with E-state index in [2.05, 4.69) is 0 Å². The Morgan fingerprint density at radius 1 is 1.33 bits per heavy atom. The van der Waals surface area contributed by atoms with Crippen LogP contribution in [-0.2, 0) is 22.8 Å². The van der Waals surface area contributed by atoms with Crippen LogP contribution in [0.15, 0.2) is 39.8 Å². The molecule has 128 valence electrons. The molecule has 2 heterocycles. The highest BCUT2D eigenvalue weighted by molar-refractivity contribution is 7.91. The molecule has 1 aromatic heterocycles. The molecule has 0 radical (unpaired) electrons. The lowest BCUT2D eigenvalue weighted by Crippen LogP contribution is -2.31. The Labute approximate surface area is 146 Å². The van der Waals surface area contributed by atoms with Crippen LogP contribution in [0.5, 0.6) is 0 Å². The number of carbonyl (C=O) groups is 1. The number of carbonyl (C=O) groups excluding carboxylic acids is 1. The summed E-state index contributed by atoms with van der Waals surface area (Å²) in [7, 11) is -3.39. The molecule has 1 aliphatic rings. The highest BCUT2D eigenvalue weighted by atomic mass is 35.5. The number of aryl methyl sites for hydroxylation is 1. The van der Waals surface area contributed by atoms with E-state index in [1.165, 1.54) is 18.2 Å². The first-order chi connectivity index (χ1) is 11.4. The molecule has 1 amide bonds. The van der Waals surface area contributed by atoms with Gasteiger partial charge in [0.05, 0.1) is 27.5 Å². The first-order valence-corrected chi connectivity index (χ1v) is 9.82. The average Bonchev–Trinajstić information content (AvgIpc) is 2.91. The maximum absolute atomic E-state index is 12.9. The van der Waals surface area contributed by atoms with Crippen molar-refractivity contribution in [3.8, 4) is 0 Å². The van der Waals surface area contributed by atoms with Crippen LogP contribution in [0.3, 0.4) is 0 Å². The first-order valence-electron chi connectivity index (χ1n) is 7.79. The van der Waals surface area contributed by atoms with Crippen LogP contribution in [0.2, 0.25) is 5.02 Å². The number of furan rings is 1. The van der Waals surface area contributed by atoms with Gasteiger partial charge in [-0.3, -0.25) is 4.79 Å². The summed E-state index contributed by atoms with van der Waals surface area (Å²) in [6, 6.07) is 6.15. The second-order valence-corrected chi connectivity index (χ2v) is 8.43. The molecule has 1 aliphatic heterocycles. The Hall–Kier alpha value is -1.79. The number of rotatable bonds is 3. The quantitative estimate of drug-likeness (QED) is 0.834. The Morgan fingerprint density at radius 3 is 2.88 bits per heavy atom. The fourth-order valence-electron chi connectivity index (χ4n) is 2.81. The minimum absolute atomic E-state index is 0.0235. The predicted molar refractivity (Wildman–Crippen MR) is 90.9 cm³/mol. The fourth-order valence-corrected chi connectivity index (χ4v) is 3.92. The number of sulfone groups is 1. The molecule has 0 atom stereocenters. The summed E-state index contributed by atoms with van der Waals surface area (Å²) in [6.07, 6.45) is 3.20. The van der Waals surface area contributed by atoms with Crippen LogP contribution in [0.4, 0.5) is 0 Å². The van der Waals surface area contributed by atoms with Crippen molar-refractivity contribution in [3.63, 3.8) is 0 Å². The number of benzene rings is 1. The van der Waals surface area contributed by atoms with Crippen molar-refractivity contribution >= 4 is 27.3 Å². The maximum atomic E-state index is 12.9. The molecule has 0 fully saturated rings. The Balaban J connectivity index is 1.94.